The van der Waals surface area contributed by atoms with Gasteiger partial charge in [0.2, 0.25) is 0 Å². The van der Waals surface area contributed by atoms with Gasteiger partial charge in [0, 0.05) is 16.6 Å². The molecule has 21 heavy (non-hydrogen) atoms. The van der Waals surface area contributed by atoms with Crippen molar-refractivity contribution >= 4 is 41.7 Å². The lowest BCUT2D eigenvalue weighted by molar-refractivity contribution is 0.333. The maximum atomic E-state index is 11.4. The molecule has 1 aliphatic heterocycles. The van der Waals surface area contributed by atoms with Gasteiger partial charge in [-0.3, -0.25) is 0 Å². The van der Waals surface area contributed by atoms with Gasteiger partial charge in [-0.15, -0.1) is 0 Å². The van der Waals surface area contributed by atoms with Crippen LogP contribution in [0.1, 0.15) is 18.9 Å². The van der Waals surface area contributed by atoms with Gasteiger partial charge < -0.3 is 10.1 Å². The first-order chi connectivity index (χ1) is 9.91. The van der Waals surface area contributed by atoms with Crippen molar-refractivity contribution in [3.63, 3.8) is 0 Å². The number of halogens is 2. The van der Waals surface area contributed by atoms with E-state index in [4.69, 9.17) is 4.74 Å². The second-order valence-corrected chi connectivity index (χ2v) is 9.21. The number of nitrogens with one attached hydrogen (secondary N) is 1. The molecule has 1 N–H and O–H groups in total. The van der Waals surface area contributed by atoms with Gasteiger partial charge in [-0.1, -0.05) is 15.9 Å². The van der Waals surface area contributed by atoms with Crippen LogP contribution in [0.5, 0.6) is 5.75 Å². The summed E-state index contributed by atoms with van der Waals surface area (Å²) in [4.78, 5) is 0. The molecule has 1 aromatic carbocycles. The Balaban J connectivity index is 1.96. The predicted molar refractivity (Wildman–Crippen MR) is 91.5 cm³/mol. The molecule has 0 saturated carbocycles. The van der Waals surface area contributed by atoms with Crippen molar-refractivity contribution < 1.29 is 13.2 Å². The predicted octanol–water partition coefficient (Wildman–Crippen LogP) is 3.13. The topological polar surface area (TPSA) is 55.4 Å². The molecule has 118 valence electrons. The summed E-state index contributed by atoms with van der Waals surface area (Å²) >= 11 is 6.99. The Labute approximate surface area is 142 Å². The molecule has 7 heteroatoms. The first kappa shape index (κ1) is 17.2. The number of hydrogen-bond donors (Lipinski definition) is 1. The van der Waals surface area contributed by atoms with Crippen LogP contribution in [0.2, 0.25) is 0 Å². The molecule has 0 spiro atoms. The smallest absolute Gasteiger partial charge is 0.150 e. The Kier molecular flexibility index (Phi) is 6.11. The van der Waals surface area contributed by atoms with Gasteiger partial charge >= 0.3 is 0 Å². The average molecular weight is 441 g/mol. The van der Waals surface area contributed by atoms with E-state index in [0.29, 0.717) is 24.7 Å². The van der Waals surface area contributed by atoms with Crippen LogP contribution in [0.15, 0.2) is 21.1 Å². The van der Waals surface area contributed by atoms with Crippen molar-refractivity contribution in [1.82, 2.24) is 5.32 Å². The molecular formula is C14H19Br2NO3S. The molecule has 4 nitrogen and oxygen atoms in total. The fourth-order valence-corrected chi connectivity index (χ4v) is 5.78. The van der Waals surface area contributed by atoms with Crippen molar-refractivity contribution in [1.29, 1.82) is 0 Å². The number of hydrogen-bond acceptors (Lipinski definition) is 4. The van der Waals surface area contributed by atoms with Gasteiger partial charge in [0.25, 0.3) is 0 Å². The second-order valence-electron chi connectivity index (χ2n) is 5.21. The zero-order valence-corrected chi connectivity index (χ0v) is 15.9. The number of benzene rings is 1. The first-order valence-electron chi connectivity index (χ1n) is 6.93. The number of ether oxygens (including phenoxy) is 1. The monoisotopic (exact) mass is 439 g/mol. The quantitative estimate of drug-likeness (QED) is 0.738. The molecule has 1 aromatic rings. The van der Waals surface area contributed by atoms with Crippen molar-refractivity contribution in [2.75, 3.05) is 24.7 Å². The highest BCUT2D eigenvalue weighted by Gasteiger charge is 2.27. The Hall–Kier alpha value is -0.110. The van der Waals surface area contributed by atoms with Crippen LogP contribution in [0, 0.1) is 5.92 Å². The van der Waals surface area contributed by atoms with Crippen LogP contribution >= 0.6 is 31.9 Å². The average Bonchev–Trinajstić information content (AvgIpc) is 2.73. The third-order valence-electron chi connectivity index (χ3n) is 3.45. The zero-order chi connectivity index (χ0) is 15.5. The second kappa shape index (κ2) is 7.44. The summed E-state index contributed by atoms with van der Waals surface area (Å²) < 4.78 is 30.5. The zero-order valence-electron chi connectivity index (χ0n) is 11.9. The van der Waals surface area contributed by atoms with Gasteiger partial charge in [0.05, 0.1) is 22.6 Å². The van der Waals surface area contributed by atoms with Crippen LogP contribution in [0.3, 0.4) is 0 Å². The van der Waals surface area contributed by atoms with E-state index in [-0.39, 0.29) is 5.92 Å². The lowest BCUT2D eigenvalue weighted by Crippen LogP contribution is -2.23. The van der Waals surface area contributed by atoms with E-state index in [2.05, 4.69) is 37.2 Å². The lowest BCUT2D eigenvalue weighted by atomic mass is 10.1. The fraction of sp³-hybridized carbons (Fsp3) is 0.571. The normalized spacial score (nSPS) is 20.6. The van der Waals surface area contributed by atoms with Crippen LogP contribution in [0.25, 0.3) is 0 Å². The van der Waals surface area contributed by atoms with Crippen LogP contribution in [-0.4, -0.2) is 33.1 Å². The highest BCUT2D eigenvalue weighted by molar-refractivity contribution is 9.11. The summed E-state index contributed by atoms with van der Waals surface area (Å²) in [6.07, 6.45) is 0.760. The van der Waals surface area contributed by atoms with E-state index in [1.807, 2.05) is 19.1 Å². The highest BCUT2D eigenvalue weighted by Crippen LogP contribution is 2.33. The molecule has 1 aliphatic rings. The van der Waals surface area contributed by atoms with Gasteiger partial charge in [-0.05, 0) is 53.9 Å². The molecule has 1 saturated heterocycles. The summed E-state index contributed by atoms with van der Waals surface area (Å²) in [5.74, 6) is 1.69. The van der Waals surface area contributed by atoms with E-state index in [0.717, 1.165) is 33.2 Å². The Morgan fingerprint density at radius 1 is 1.38 bits per heavy atom. The Morgan fingerprint density at radius 3 is 2.76 bits per heavy atom. The van der Waals surface area contributed by atoms with Gasteiger partial charge in [-0.25, -0.2) is 8.42 Å². The Morgan fingerprint density at radius 2 is 2.14 bits per heavy atom. The molecule has 0 aliphatic carbocycles. The van der Waals surface area contributed by atoms with Crippen LogP contribution in [0.4, 0.5) is 0 Å². The number of rotatable bonds is 6. The SMILES string of the molecule is CCOc1c(Br)cc(Br)cc1CNCC1CCS(=O)(=O)C1. The molecule has 1 atom stereocenters. The third kappa shape index (κ3) is 4.94. The summed E-state index contributed by atoms with van der Waals surface area (Å²) in [6.45, 7) is 3.93. The molecule has 0 aromatic heterocycles. The van der Waals surface area contributed by atoms with Crippen molar-refractivity contribution in [3.05, 3.63) is 26.6 Å². The van der Waals surface area contributed by atoms with Crippen molar-refractivity contribution in [2.45, 2.75) is 19.9 Å². The molecule has 1 unspecified atom stereocenters. The van der Waals surface area contributed by atoms with E-state index < -0.39 is 9.84 Å². The molecule has 0 amide bonds. The summed E-state index contributed by atoms with van der Waals surface area (Å²) in [5.41, 5.74) is 1.05. The molecule has 1 fully saturated rings. The lowest BCUT2D eigenvalue weighted by Gasteiger charge is -2.15. The minimum absolute atomic E-state index is 0.223. The fourth-order valence-electron chi connectivity index (χ4n) is 2.49. The third-order valence-corrected chi connectivity index (χ3v) is 6.33. The van der Waals surface area contributed by atoms with Crippen LogP contribution in [-0.2, 0) is 16.4 Å². The van der Waals surface area contributed by atoms with Crippen molar-refractivity contribution in [3.8, 4) is 5.75 Å². The summed E-state index contributed by atoms with van der Waals surface area (Å²) in [5, 5.41) is 3.35. The molecular weight excluding hydrogens is 422 g/mol. The highest BCUT2D eigenvalue weighted by atomic mass is 79.9. The van der Waals surface area contributed by atoms with E-state index in [9.17, 15) is 8.42 Å². The van der Waals surface area contributed by atoms with E-state index >= 15 is 0 Å². The first-order valence-corrected chi connectivity index (χ1v) is 10.3. The molecule has 0 radical (unpaired) electrons. The summed E-state index contributed by atoms with van der Waals surface area (Å²) in [6, 6.07) is 3.98. The van der Waals surface area contributed by atoms with E-state index in [1.165, 1.54) is 0 Å². The van der Waals surface area contributed by atoms with Gasteiger partial charge in [0.1, 0.15) is 5.75 Å². The van der Waals surface area contributed by atoms with Crippen LogP contribution < -0.4 is 10.1 Å². The standard InChI is InChI=1S/C14H19Br2NO3S/c1-2-20-14-11(5-12(15)6-13(14)16)8-17-7-10-3-4-21(18,19)9-10/h5-6,10,17H,2-4,7-9H2,1H3. The molecule has 2 rings (SSSR count). The Bertz CT molecular complexity index is 604. The number of sulfone groups is 1. The molecule has 1 heterocycles. The maximum Gasteiger partial charge on any atom is 0.150 e. The molecule has 0 bridgehead atoms. The summed E-state index contributed by atoms with van der Waals surface area (Å²) in [7, 11) is -2.80. The largest absolute Gasteiger partial charge is 0.492 e. The minimum atomic E-state index is -2.80. The van der Waals surface area contributed by atoms with Crippen molar-refractivity contribution in [2.24, 2.45) is 5.92 Å². The maximum absolute atomic E-state index is 11.4. The van der Waals surface area contributed by atoms with Gasteiger partial charge in [0.15, 0.2) is 9.84 Å². The van der Waals surface area contributed by atoms with E-state index in [1.54, 1.807) is 0 Å². The van der Waals surface area contributed by atoms with Gasteiger partial charge in [-0.2, -0.15) is 0 Å². The minimum Gasteiger partial charge on any atom is -0.492 e.